The molecule has 3 aliphatic rings. The number of nitrogens with zero attached hydrogens (tertiary/aromatic N) is 8. The number of likely N-dealkylation sites (tertiary alicyclic amines) is 2. The van der Waals surface area contributed by atoms with Crippen LogP contribution in [0.15, 0.2) is 59.3 Å². The van der Waals surface area contributed by atoms with E-state index in [0.29, 0.717) is 56.5 Å². The first-order chi connectivity index (χ1) is 20.2. The second kappa shape index (κ2) is 9.85. The standard InChI is InChI=1S/C31H34N8O3/c1-20-9-10-23(34-33-20)11-26-35-36-27(42-26)25-16-37(17-31(25)18-38(19-31)29(41)24-12-30(24,2)3)28(40)22-13-32-39(15-22)14-21-7-5-4-6-8-21/h4-10,13,15,24-25H,11-12,14,16-19H2,1-3H3/t24-,25?/m1/s1. The second-order valence-corrected chi connectivity index (χ2v) is 12.8. The Morgan fingerprint density at radius 3 is 2.45 bits per heavy atom. The van der Waals surface area contributed by atoms with Crippen molar-refractivity contribution >= 4 is 11.8 Å². The van der Waals surface area contributed by atoms with E-state index in [1.165, 1.54) is 0 Å². The number of carbonyl (C=O) groups excluding carboxylic acids is 2. The molecule has 0 N–H and O–H groups in total. The molecule has 3 aromatic heterocycles. The van der Waals surface area contributed by atoms with Crippen LogP contribution in [0.4, 0.5) is 0 Å². The van der Waals surface area contributed by atoms with Gasteiger partial charge in [0.2, 0.25) is 17.7 Å². The summed E-state index contributed by atoms with van der Waals surface area (Å²) >= 11 is 0. The van der Waals surface area contributed by atoms with Gasteiger partial charge in [-0.15, -0.1) is 10.2 Å². The molecule has 0 radical (unpaired) electrons. The molecule has 2 atom stereocenters. The maximum Gasteiger partial charge on any atom is 0.257 e. The lowest BCUT2D eigenvalue weighted by molar-refractivity contribution is -0.146. The zero-order valence-corrected chi connectivity index (χ0v) is 24.1. The van der Waals surface area contributed by atoms with Gasteiger partial charge in [0.1, 0.15) is 0 Å². The molecular weight excluding hydrogens is 532 g/mol. The van der Waals surface area contributed by atoms with Crippen molar-refractivity contribution in [1.82, 2.24) is 40.0 Å². The molecule has 2 amide bonds. The lowest BCUT2D eigenvalue weighted by atomic mass is 9.71. The Balaban J connectivity index is 1.10. The first-order valence-electron chi connectivity index (χ1n) is 14.5. The average Bonchev–Trinajstić information content (AvgIpc) is 3.42. The van der Waals surface area contributed by atoms with Crippen LogP contribution < -0.4 is 0 Å². The number of aryl methyl sites for hydroxylation is 1. The van der Waals surface area contributed by atoms with Crippen LogP contribution in [0.25, 0.3) is 0 Å². The van der Waals surface area contributed by atoms with Crippen molar-refractivity contribution in [2.24, 2.45) is 16.7 Å². The van der Waals surface area contributed by atoms with Crippen molar-refractivity contribution in [2.75, 3.05) is 26.2 Å². The zero-order valence-electron chi connectivity index (χ0n) is 24.1. The molecule has 11 heteroatoms. The summed E-state index contributed by atoms with van der Waals surface area (Å²) in [6.07, 6.45) is 4.73. The van der Waals surface area contributed by atoms with Crippen LogP contribution in [0.2, 0.25) is 0 Å². The van der Waals surface area contributed by atoms with Crippen molar-refractivity contribution in [2.45, 2.75) is 46.1 Å². The van der Waals surface area contributed by atoms with Crippen molar-refractivity contribution in [1.29, 1.82) is 0 Å². The predicted octanol–water partition coefficient (Wildman–Crippen LogP) is 3.12. The van der Waals surface area contributed by atoms with E-state index in [1.807, 2.05) is 59.2 Å². The second-order valence-electron chi connectivity index (χ2n) is 12.8. The third-order valence-electron chi connectivity index (χ3n) is 9.10. The molecular formula is C31H34N8O3. The maximum absolute atomic E-state index is 13.7. The fourth-order valence-corrected chi connectivity index (χ4v) is 6.43. The maximum atomic E-state index is 13.7. The van der Waals surface area contributed by atoms with E-state index in [4.69, 9.17) is 4.42 Å². The number of benzene rings is 1. The van der Waals surface area contributed by atoms with Gasteiger partial charge in [-0.3, -0.25) is 14.3 Å². The van der Waals surface area contributed by atoms with Crippen molar-refractivity contribution in [3.05, 3.63) is 89.2 Å². The molecule has 216 valence electrons. The molecule has 1 saturated carbocycles. The molecule has 0 bridgehead atoms. The number of carbonyl (C=O) groups is 2. The highest BCUT2D eigenvalue weighted by atomic mass is 16.4. The van der Waals surface area contributed by atoms with Gasteiger partial charge in [-0.1, -0.05) is 44.2 Å². The Hall–Kier alpha value is -4.41. The minimum Gasteiger partial charge on any atom is -0.424 e. The molecule has 1 spiro atoms. The molecule has 5 heterocycles. The van der Waals surface area contributed by atoms with Crippen LogP contribution in [0.1, 0.15) is 65.3 Å². The zero-order chi connectivity index (χ0) is 29.1. The van der Waals surface area contributed by atoms with Crippen LogP contribution in [-0.4, -0.2) is 78.0 Å². The van der Waals surface area contributed by atoms with E-state index in [0.717, 1.165) is 23.4 Å². The molecule has 3 fully saturated rings. The van der Waals surface area contributed by atoms with E-state index < -0.39 is 0 Å². The number of hydrogen-bond acceptors (Lipinski definition) is 8. The van der Waals surface area contributed by atoms with Crippen LogP contribution in [0.3, 0.4) is 0 Å². The molecule has 2 aliphatic heterocycles. The van der Waals surface area contributed by atoms with Gasteiger partial charge in [-0.05, 0) is 36.5 Å². The largest absolute Gasteiger partial charge is 0.424 e. The monoisotopic (exact) mass is 566 g/mol. The summed E-state index contributed by atoms with van der Waals surface area (Å²) in [7, 11) is 0. The molecule has 1 aliphatic carbocycles. The van der Waals surface area contributed by atoms with E-state index in [9.17, 15) is 9.59 Å². The highest BCUT2D eigenvalue weighted by Crippen LogP contribution is 2.55. The fourth-order valence-electron chi connectivity index (χ4n) is 6.43. The normalized spacial score (nSPS) is 21.9. The summed E-state index contributed by atoms with van der Waals surface area (Å²) in [5.74, 6) is 0.978. The van der Waals surface area contributed by atoms with Gasteiger partial charge in [0.25, 0.3) is 5.91 Å². The summed E-state index contributed by atoms with van der Waals surface area (Å²) in [6, 6.07) is 13.8. The third kappa shape index (κ3) is 4.86. The molecule has 7 rings (SSSR count). The van der Waals surface area contributed by atoms with E-state index in [1.54, 1.807) is 17.1 Å². The number of aromatic nitrogens is 6. The summed E-state index contributed by atoms with van der Waals surface area (Å²) in [4.78, 5) is 30.7. The topological polar surface area (TPSA) is 123 Å². The fraction of sp³-hybridized carbons (Fsp3) is 0.452. The van der Waals surface area contributed by atoms with Gasteiger partial charge in [0.15, 0.2) is 0 Å². The quantitative estimate of drug-likeness (QED) is 0.334. The Labute approximate surface area is 243 Å². The average molecular weight is 567 g/mol. The van der Waals surface area contributed by atoms with Crippen LogP contribution in [0, 0.1) is 23.7 Å². The van der Waals surface area contributed by atoms with Gasteiger partial charge >= 0.3 is 0 Å². The molecule has 11 nitrogen and oxygen atoms in total. The molecule has 42 heavy (non-hydrogen) atoms. The first kappa shape index (κ1) is 26.5. The predicted molar refractivity (Wildman–Crippen MR) is 151 cm³/mol. The highest BCUT2D eigenvalue weighted by molar-refractivity contribution is 5.94. The molecule has 1 unspecified atom stereocenters. The minimum atomic E-state index is -0.335. The van der Waals surface area contributed by atoms with Crippen molar-refractivity contribution < 1.29 is 14.0 Å². The molecule has 2 saturated heterocycles. The van der Waals surface area contributed by atoms with E-state index in [-0.39, 0.29) is 34.5 Å². The highest BCUT2D eigenvalue weighted by Gasteiger charge is 2.61. The Bertz CT molecular complexity index is 1620. The summed E-state index contributed by atoms with van der Waals surface area (Å²) in [6.45, 7) is 8.85. The van der Waals surface area contributed by atoms with Crippen molar-refractivity contribution in [3.63, 3.8) is 0 Å². The van der Waals surface area contributed by atoms with Gasteiger partial charge in [0.05, 0.1) is 42.0 Å². The number of rotatable bonds is 7. The molecule has 4 aromatic rings. The van der Waals surface area contributed by atoms with Gasteiger partial charge in [-0.25, -0.2) is 0 Å². The van der Waals surface area contributed by atoms with Gasteiger partial charge in [0, 0.05) is 43.7 Å². The van der Waals surface area contributed by atoms with Gasteiger partial charge < -0.3 is 14.2 Å². The lowest BCUT2D eigenvalue weighted by Gasteiger charge is -2.50. The Morgan fingerprint density at radius 1 is 0.976 bits per heavy atom. The number of hydrogen-bond donors (Lipinski definition) is 0. The number of amides is 2. The van der Waals surface area contributed by atoms with Crippen LogP contribution >= 0.6 is 0 Å². The van der Waals surface area contributed by atoms with Gasteiger partial charge in [-0.2, -0.15) is 15.3 Å². The molecule has 1 aromatic carbocycles. The van der Waals surface area contributed by atoms with E-state index in [2.05, 4.69) is 39.3 Å². The van der Waals surface area contributed by atoms with E-state index >= 15 is 0 Å². The summed E-state index contributed by atoms with van der Waals surface area (Å²) in [5, 5.41) is 21.5. The summed E-state index contributed by atoms with van der Waals surface area (Å²) in [5.41, 5.74) is 2.97. The SMILES string of the molecule is Cc1ccc(Cc2nnc(C3CN(C(=O)c4cnn(Cc5ccccc5)c4)CC34CN(C(=O)[C@H]3CC3(C)C)C4)o2)nn1. The lowest BCUT2D eigenvalue weighted by Crippen LogP contribution is -2.62. The smallest absolute Gasteiger partial charge is 0.257 e. The van der Waals surface area contributed by atoms with Crippen LogP contribution in [-0.2, 0) is 17.8 Å². The first-order valence-corrected chi connectivity index (χ1v) is 14.5. The van der Waals surface area contributed by atoms with Crippen molar-refractivity contribution in [3.8, 4) is 0 Å². The Morgan fingerprint density at radius 2 is 1.74 bits per heavy atom. The third-order valence-corrected chi connectivity index (χ3v) is 9.10. The Kier molecular flexibility index (Phi) is 6.21. The summed E-state index contributed by atoms with van der Waals surface area (Å²) < 4.78 is 7.96. The van der Waals surface area contributed by atoms with Crippen LogP contribution in [0.5, 0.6) is 0 Å². The minimum absolute atomic E-state index is 0.0665.